The Morgan fingerprint density at radius 1 is 0.895 bits per heavy atom. The number of carboxylic acid groups (broad SMARTS) is 1. The third-order valence-electron chi connectivity index (χ3n) is 6.59. The molecule has 0 aliphatic rings. The van der Waals surface area contributed by atoms with E-state index in [4.69, 9.17) is 9.63 Å². The minimum absolute atomic E-state index is 0.207. The number of rotatable bonds is 7. The molecule has 2 heterocycles. The molecule has 0 saturated heterocycles. The van der Waals surface area contributed by atoms with E-state index in [-0.39, 0.29) is 18.0 Å². The molecule has 0 aliphatic heterocycles. The highest BCUT2D eigenvalue weighted by molar-refractivity contribution is 7.17. The van der Waals surface area contributed by atoms with Crippen molar-refractivity contribution in [3.63, 3.8) is 0 Å². The molecule has 6 rings (SSSR count). The molecule has 0 atom stereocenters. The van der Waals surface area contributed by atoms with Crippen molar-refractivity contribution < 1.29 is 19.2 Å². The Morgan fingerprint density at radius 2 is 1.68 bits per heavy atom. The first kappa shape index (κ1) is 23.6. The fraction of sp³-hybridized carbons (Fsp3) is 0.0645. The van der Waals surface area contributed by atoms with Crippen LogP contribution in [0.3, 0.4) is 0 Å². The number of hydrogen-bond donors (Lipinski definition) is 2. The van der Waals surface area contributed by atoms with E-state index in [0.717, 1.165) is 26.8 Å². The fourth-order valence-electron chi connectivity index (χ4n) is 4.66. The van der Waals surface area contributed by atoms with Gasteiger partial charge in [-0.25, -0.2) is 4.79 Å². The highest BCUT2D eigenvalue weighted by Crippen LogP contribution is 2.35. The number of carboxylic acids is 1. The van der Waals surface area contributed by atoms with Crippen LogP contribution in [0.5, 0.6) is 0 Å². The van der Waals surface area contributed by atoms with Crippen molar-refractivity contribution in [1.29, 1.82) is 0 Å². The number of fused-ring (bicyclic) bond motifs is 2. The van der Waals surface area contributed by atoms with Crippen LogP contribution >= 0.6 is 11.3 Å². The van der Waals surface area contributed by atoms with Gasteiger partial charge in [0.2, 0.25) is 0 Å². The average molecular weight is 519 g/mol. The fourth-order valence-corrected chi connectivity index (χ4v) is 5.69. The molecule has 7 heteroatoms. The smallest absolute Gasteiger partial charge is 0.335 e. The maximum atomic E-state index is 13.6. The molecule has 6 aromatic rings. The van der Waals surface area contributed by atoms with Gasteiger partial charge in [0.15, 0.2) is 0 Å². The highest BCUT2D eigenvalue weighted by Gasteiger charge is 2.18. The summed E-state index contributed by atoms with van der Waals surface area (Å²) < 4.78 is 6.04. The van der Waals surface area contributed by atoms with Crippen molar-refractivity contribution in [2.45, 2.75) is 13.0 Å². The molecule has 0 spiro atoms. The third kappa shape index (κ3) is 4.67. The number of benzene rings is 4. The molecule has 1 amide bonds. The molecule has 38 heavy (non-hydrogen) atoms. The van der Waals surface area contributed by atoms with E-state index in [0.29, 0.717) is 17.7 Å². The Bertz CT molecular complexity index is 1790. The van der Waals surface area contributed by atoms with E-state index in [1.807, 2.05) is 24.3 Å². The summed E-state index contributed by atoms with van der Waals surface area (Å²) in [5.41, 5.74) is 5.32. The number of aromatic nitrogens is 1. The van der Waals surface area contributed by atoms with Crippen LogP contribution in [0.15, 0.2) is 101 Å². The lowest BCUT2D eigenvalue weighted by atomic mass is 9.96. The number of nitrogens with zero attached hydrogens (tertiary/aromatic N) is 1. The molecule has 0 saturated carbocycles. The predicted molar refractivity (Wildman–Crippen MR) is 149 cm³/mol. The third-order valence-corrected chi connectivity index (χ3v) is 7.57. The van der Waals surface area contributed by atoms with Gasteiger partial charge >= 0.3 is 5.97 Å². The lowest BCUT2D eigenvalue weighted by Gasteiger charge is -2.11. The van der Waals surface area contributed by atoms with E-state index in [2.05, 4.69) is 46.2 Å². The topological polar surface area (TPSA) is 92.4 Å². The number of carbonyl (C=O) groups excluding carboxylic acids is 1. The van der Waals surface area contributed by atoms with Gasteiger partial charge in [0.05, 0.1) is 5.56 Å². The number of carbonyl (C=O) groups is 2. The van der Waals surface area contributed by atoms with E-state index < -0.39 is 5.97 Å². The Labute approximate surface area is 222 Å². The molecule has 4 aromatic carbocycles. The molecule has 2 N–H and O–H groups in total. The zero-order valence-electron chi connectivity index (χ0n) is 20.2. The Hall–Kier alpha value is -4.75. The van der Waals surface area contributed by atoms with Crippen molar-refractivity contribution >= 4 is 44.1 Å². The molecule has 6 nitrogen and oxygen atoms in total. The summed E-state index contributed by atoms with van der Waals surface area (Å²) in [5, 5.41) is 21.6. The maximum Gasteiger partial charge on any atom is 0.335 e. The standard InChI is InChI=1S/C31H22N2O4S/c34-30(32-17-19-5-9-22(10-6-19)31(35)36)26-15-24(27-11-12-37-33-27)16-28-29(26)25(18-38-28)14-20-7-8-21-3-1-2-4-23(21)13-20/h1-13,15-16,18H,14,17H2,(H,32,34)(H,35,36). The lowest BCUT2D eigenvalue weighted by molar-refractivity contribution is 0.0696. The van der Waals surface area contributed by atoms with Crippen molar-refractivity contribution in [1.82, 2.24) is 10.5 Å². The van der Waals surface area contributed by atoms with Crippen molar-refractivity contribution in [3.8, 4) is 11.3 Å². The van der Waals surface area contributed by atoms with Gasteiger partial charge in [0.1, 0.15) is 12.0 Å². The first-order valence-corrected chi connectivity index (χ1v) is 13.0. The minimum atomic E-state index is -0.982. The van der Waals surface area contributed by atoms with Crippen LogP contribution in [-0.2, 0) is 13.0 Å². The summed E-state index contributed by atoms with van der Waals surface area (Å²) in [6.07, 6.45) is 2.21. The second-order valence-corrected chi connectivity index (χ2v) is 10.00. The van der Waals surface area contributed by atoms with E-state index >= 15 is 0 Å². The Balaban J connectivity index is 1.35. The summed E-state index contributed by atoms with van der Waals surface area (Å²) in [7, 11) is 0. The summed E-state index contributed by atoms with van der Waals surface area (Å²) in [6.45, 7) is 0.276. The number of hydrogen-bond acceptors (Lipinski definition) is 5. The minimum Gasteiger partial charge on any atom is -0.478 e. The van der Waals surface area contributed by atoms with Gasteiger partial charge in [0.25, 0.3) is 5.91 Å². The zero-order valence-corrected chi connectivity index (χ0v) is 21.0. The number of thiophene rings is 1. The molecule has 0 fully saturated rings. The van der Waals surface area contributed by atoms with Crippen molar-refractivity contribution in [2.75, 3.05) is 0 Å². The summed E-state index contributed by atoms with van der Waals surface area (Å²) in [4.78, 5) is 24.7. The van der Waals surface area contributed by atoms with Crippen LogP contribution < -0.4 is 5.32 Å². The molecule has 2 aromatic heterocycles. The van der Waals surface area contributed by atoms with E-state index in [1.165, 1.54) is 34.7 Å². The molecule has 0 unspecified atom stereocenters. The summed E-state index contributed by atoms with van der Waals surface area (Å²) >= 11 is 1.60. The summed E-state index contributed by atoms with van der Waals surface area (Å²) in [5.74, 6) is -1.19. The van der Waals surface area contributed by atoms with Gasteiger partial charge in [-0.2, -0.15) is 0 Å². The maximum absolute atomic E-state index is 13.6. The largest absolute Gasteiger partial charge is 0.478 e. The first-order valence-electron chi connectivity index (χ1n) is 12.1. The second kappa shape index (κ2) is 9.95. The van der Waals surface area contributed by atoms with Gasteiger partial charge in [0, 0.05) is 33.8 Å². The van der Waals surface area contributed by atoms with Gasteiger partial charge in [-0.1, -0.05) is 59.8 Å². The lowest BCUT2D eigenvalue weighted by Crippen LogP contribution is -2.23. The van der Waals surface area contributed by atoms with E-state index in [9.17, 15) is 9.59 Å². The molecule has 0 bridgehead atoms. The molecule has 0 aliphatic carbocycles. The second-order valence-electron chi connectivity index (χ2n) is 9.09. The number of aromatic carboxylic acids is 1. The van der Waals surface area contributed by atoms with Gasteiger partial charge < -0.3 is 14.9 Å². The van der Waals surface area contributed by atoms with Crippen LogP contribution in [0, 0.1) is 0 Å². The van der Waals surface area contributed by atoms with Crippen LogP contribution in [0.2, 0.25) is 0 Å². The first-order chi connectivity index (χ1) is 18.5. The molecule has 186 valence electrons. The molecular weight excluding hydrogens is 496 g/mol. The SMILES string of the molecule is O=C(O)c1ccc(CNC(=O)c2cc(-c3ccon3)cc3scc(Cc4ccc5ccccc5c4)c23)cc1. The average Bonchev–Trinajstić information content (AvgIpc) is 3.62. The van der Waals surface area contributed by atoms with Crippen molar-refractivity contribution in [3.05, 3.63) is 124 Å². The Morgan fingerprint density at radius 3 is 2.45 bits per heavy atom. The van der Waals surface area contributed by atoms with Crippen LogP contribution in [0.25, 0.3) is 32.1 Å². The van der Waals surface area contributed by atoms with Crippen molar-refractivity contribution in [2.24, 2.45) is 0 Å². The zero-order chi connectivity index (χ0) is 26.1. The molecule has 0 radical (unpaired) electrons. The monoisotopic (exact) mass is 518 g/mol. The van der Waals surface area contributed by atoms with Gasteiger partial charge in [-0.15, -0.1) is 11.3 Å². The highest BCUT2D eigenvalue weighted by atomic mass is 32.1. The summed E-state index contributed by atoms with van der Waals surface area (Å²) in [6, 6.07) is 26.9. The van der Waals surface area contributed by atoms with E-state index in [1.54, 1.807) is 29.5 Å². The van der Waals surface area contributed by atoms with Gasteiger partial charge in [-0.05, 0) is 63.5 Å². The number of amides is 1. The van der Waals surface area contributed by atoms with Crippen LogP contribution in [-0.4, -0.2) is 22.1 Å². The predicted octanol–water partition coefficient (Wildman–Crippen LogP) is 6.93. The number of nitrogens with one attached hydrogen (secondary N) is 1. The molecular formula is C31H22N2O4S. The Kier molecular flexibility index (Phi) is 6.19. The van der Waals surface area contributed by atoms with Crippen LogP contribution in [0.1, 0.15) is 37.4 Å². The quantitative estimate of drug-likeness (QED) is 0.239. The normalized spacial score (nSPS) is 11.2. The van der Waals surface area contributed by atoms with Gasteiger partial charge in [-0.3, -0.25) is 4.79 Å². The van der Waals surface area contributed by atoms with Crippen LogP contribution in [0.4, 0.5) is 0 Å².